The predicted molar refractivity (Wildman–Crippen MR) is 107 cm³/mol. The molecule has 1 fully saturated rings. The van der Waals surface area contributed by atoms with Gasteiger partial charge in [-0.2, -0.15) is 0 Å². The van der Waals surface area contributed by atoms with Crippen molar-refractivity contribution in [2.45, 2.75) is 44.1 Å². The maximum absolute atomic E-state index is 12.5. The number of fused-ring (bicyclic) bond motifs is 1. The largest absolute Gasteiger partial charge is 0.335 e. The van der Waals surface area contributed by atoms with E-state index >= 15 is 0 Å². The molecule has 0 spiro atoms. The number of hydrogen-bond acceptors (Lipinski definition) is 2. The van der Waals surface area contributed by atoms with E-state index in [1.807, 2.05) is 24.3 Å². The molecule has 3 amide bonds. The molecule has 27 heavy (non-hydrogen) atoms. The Kier molecular flexibility index (Phi) is 4.84. The Morgan fingerprint density at radius 2 is 1.85 bits per heavy atom. The van der Waals surface area contributed by atoms with Crippen LogP contribution in [-0.2, 0) is 11.2 Å². The predicted octanol–water partition coefficient (Wildman–Crippen LogP) is 4.05. The number of nitrogens with one attached hydrogen (secondary N) is 2. The number of nitrogens with zero attached hydrogens (tertiary/aromatic N) is 1. The number of anilines is 2. The van der Waals surface area contributed by atoms with E-state index in [0.717, 1.165) is 36.2 Å². The van der Waals surface area contributed by atoms with Crippen LogP contribution in [0.5, 0.6) is 0 Å². The Morgan fingerprint density at radius 1 is 1.04 bits per heavy atom. The summed E-state index contributed by atoms with van der Waals surface area (Å²) in [5, 5.41) is 6.12. The monoisotopic (exact) mass is 363 g/mol. The van der Waals surface area contributed by atoms with Gasteiger partial charge in [0.15, 0.2) is 0 Å². The quantitative estimate of drug-likeness (QED) is 0.864. The first-order valence-electron chi connectivity index (χ1n) is 9.62. The topological polar surface area (TPSA) is 61.4 Å². The van der Waals surface area contributed by atoms with Gasteiger partial charge in [-0.25, -0.2) is 4.79 Å². The molecule has 1 heterocycles. The summed E-state index contributed by atoms with van der Waals surface area (Å²) in [5.41, 5.74) is 4.06. The molecule has 2 aromatic carbocycles. The normalized spacial score (nSPS) is 21.7. The lowest BCUT2D eigenvalue weighted by Crippen LogP contribution is -2.37. The molecule has 140 valence electrons. The van der Waals surface area contributed by atoms with Crippen molar-refractivity contribution in [3.8, 4) is 0 Å². The van der Waals surface area contributed by atoms with Gasteiger partial charge in [-0.1, -0.05) is 36.4 Å². The van der Waals surface area contributed by atoms with Crippen LogP contribution in [0.1, 0.15) is 42.7 Å². The van der Waals surface area contributed by atoms with Gasteiger partial charge < -0.3 is 15.5 Å². The van der Waals surface area contributed by atoms with Crippen LogP contribution >= 0.6 is 0 Å². The minimum atomic E-state index is -0.165. The van der Waals surface area contributed by atoms with Gasteiger partial charge in [0, 0.05) is 30.9 Å². The van der Waals surface area contributed by atoms with E-state index in [1.54, 1.807) is 11.9 Å². The standard InChI is InChI=1S/C22H25N3O2/c1-25-20-9-5-8-19(18(20)12-13-21(25)26)24-22(27)23-17-11-10-16(14-17)15-6-3-2-4-7-15/h2-9,16-17H,10-14H2,1H3,(H2,23,24,27). The molecule has 1 aliphatic heterocycles. The smallest absolute Gasteiger partial charge is 0.319 e. The lowest BCUT2D eigenvalue weighted by molar-refractivity contribution is -0.118. The Bertz CT molecular complexity index is 850. The molecule has 1 saturated carbocycles. The van der Waals surface area contributed by atoms with Crippen molar-refractivity contribution in [2.24, 2.45) is 0 Å². The van der Waals surface area contributed by atoms with Crippen LogP contribution in [0.2, 0.25) is 0 Å². The van der Waals surface area contributed by atoms with Crippen molar-refractivity contribution in [1.29, 1.82) is 0 Å². The Morgan fingerprint density at radius 3 is 2.67 bits per heavy atom. The third-order valence-electron chi connectivity index (χ3n) is 5.76. The molecule has 0 bridgehead atoms. The molecule has 2 unspecified atom stereocenters. The number of benzene rings is 2. The first-order valence-corrected chi connectivity index (χ1v) is 9.62. The first-order chi connectivity index (χ1) is 13.1. The SMILES string of the molecule is CN1C(=O)CCc2c(NC(=O)NC3CCC(c4ccccc4)C3)cccc21. The van der Waals surface area contributed by atoms with Gasteiger partial charge in [0.2, 0.25) is 5.91 Å². The van der Waals surface area contributed by atoms with Crippen molar-refractivity contribution < 1.29 is 9.59 Å². The molecule has 0 radical (unpaired) electrons. The second kappa shape index (κ2) is 7.43. The molecule has 5 heteroatoms. The summed E-state index contributed by atoms with van der Waals surface area (Å²) in [7, 11) is 1.78. The van der Waals surface area contributed by atoms with Gasteiger partial charge in [0.25, 0.3) is 0 Å². The summed E-state index contributed by atoms with van der Waals surface area (Å²) in [6, 6.07) is 16.3. The number of amides is 3. The Labute approximate surface area is 159 Å². The van der Waals surface area contributed by atoms with Crippen LogP contribution in [0.15, 0.2) is 48.5 Å². The van der Waals surface area contributed by atoms with Crippen molar-refractivity contribution in [3.05, 3.63) is 59.7 Å². The van der Waals surface area contributed by atoms with E-state index in [9.17, 15) is 9.59 Å². The van der Waals surface area contributed by atoms with E-state index in [1.165, 1.54) is 5.56 Å². The molecule has 2 aliphatic rings. The van der Waals surface area contributed by atoms with Crippen LogP contribution in [0.4, 0.5) is 16.2 Å². The fraction of sp³-hybridized carbons (Fsp3) is 0.364. The van der Waals surface area contributed by atoms with Gasteiger partial charge >= 0.3 is 6.03 Å². The van der Waals surface area contributed by atoms with Crippen molar-refractivity contribution >= 4 is 23.3 Å². The van der Waals surface area contributed by atoms with Crippen LogP contribution < -0.4 is 15.5 Å². The lowest BCUT2D eigenvalue weighted by Gasteiger charge is -2.27. The maximum atomic E-state index is 12.5. The average molecular weight is 363 g/mol. The highest BCUT2D eigenvalue weighted by atomic mass is 16.2. The summed E-state index contributed by atoms with van der Waals surface area (Å²) in [5.74, 6) is 0.627. The first kappa shape index (κ1) is 17.6. The Hall–Kier alpha value is -2.82. The maximum Gasteiger partial charge on any atom is 0.319 e. The van der Waals surface area contributed by atoms with Crippen LogP contribution in [-0.4, -0.2) is 25.0 Å². The highest BCUT2D eigenvalue weighted by Crippen LogP contribution is 2.35. The third-order valence-corrected chi connectivity index (χ3v) is 5.76. The number of carbonyl (C=O) groups excluding carboxylic acids is 2. The summed E-state index contributed by atoms with van der Waals surface area (Å²) in [6.07, 6.45) is 4.21. The molecule has 5 nitrogen and oxygen atoms in total. The number of rotatable bonds is 3. The number of hydrogen-bond donors (Lipinski definition) is 2. The number of carbonyl (C=O) groups is 2. The van der Waals surface area contributed by atoms with Gasteiger partial charge in [0.1, 0.15) is 0 Å². The molecule has 4 rings (SSSR count). The van der Waals surface area contributed by atoms with E-state index in [-0.39, 0.29) is 18.0 Å². The molecular weight excluding hydrogens is 338 g/mol. The molecule has 2 N–H and O–H groups in total. The zero-order valence-electron chi connectivity index (χ0n) is 15.6. The van der Waals surface area contributed by atoms with Crippen LogP contribution in [0, 0.1) is 0 Å². The van der Waals surface area contributed by atoms with Gasteiger partial charge in [-0.05, 0) is 54.9 Å². The molecule has 1 aliphatic carbocycles. The summed E-state index contributed by atoms with van der Waals surface area (Å²) >= 11 is 0. The molecule has 0 aromatic heterocycles. The summed E-state index contributed by atoms with van der Waals surface area (Å²) < 4.78 is 0. The zero-order chi connectivity index (χ0) is 18.8. The average Bonchev–Trinajstić information content (AvgIpc) is 3.14. The minimum absolute atomic E-state index is 0.113. The number of urea groups is 1. The fourth-order valence-electron chi connectivity index (χ4n) is 4.29. The fourth-order valence-corrected chi connectivity index (χ4v) is 4.29. The zero-order valence-corrected chi connectivity index (χ0v) is 15.6. The summed E-state index contributed by atoms with van der Waals surface area (Å²) in [6.45, 7) is 0. The molecular formula is C22H25N3O2. The van der Waals surface area contributed by atoms with Crippen molar-refractivity contribution in [1.82, 2.24) is 5.32 Å². The van der Waals surface area contributed by atoms with E-state index in [2.05, 4.69) is 34.9 Å². The molecule has 2 aromatic rings. The van der Waals surface area contributed by atoms with E-state index in [0.29, 0.717) is 18.8 Å². The van der Waals surface area contributed by atoms with Gasteiger partial charge in [-0.15, -0.1) is 0 Å². The third kappa shape index (κ3) is 3.68. The van der Waals surface area contributed by atoms with Gasteiger partial charge in [0.05, 0.1) is 0 Å². The van der Waals surface area contributed by atoms with Crippen molar-refractivity contribution in [2.75, 3.05) is 17.3 Å². The second-order valence-electron chi connectivity index (χ2n) is 7.47. The van der Waals surface area contributed by atoms with Gasteiger partial charge in [-0.3, -0.25) is 4.79 Å². The van der Waals surface area contributed by atoms with Crippen LogP contribution in [0.25, 0.3) is 0 Å². The lowest BCUT2D eigenvalue weighted by atomic mass is 9.98. The highest BCUT2D eigenvalue weighted by molar-refractivity contribution is 5.99. The van der Waals surface area contributed by atoms with Crippen molar-refractivity contribution in [3.63, 3.8) is 0 Å². The minimum Gasteiger partial charge on any atom is -0.335 e. The molecule has 0 saturated heterocycles. The van der Waals surface area contributed by atoms with E-state index in [4.69, 9.17) is 0 Å². The molecule has 2 atom stereocenters. The highest BCUT2D eigenvalue weighted by Gasteiger charge is 2.28. The summed E-state index contributed by atoms with van der Waals surface area (Å²) in [4.78, 5) is 26.1. The van der Waals surface area contributed by atoms with Crippen LogP contribution in [0.3, 0.4) is 0 Å². The van der Waals surface area contributed by atoms with E-state index < -0.39 is 0 Å². The Balaban J connectivity index is 1.39. The second-order valence-corrected chi connectivity index (χ2v) is 7.47.